The molecular formula is C26H34O7. The third kappa shape index (κ3) is 5.53. The Hall–Kier alpha value is -3.35. The van der Waals surface area contributed by atoms with Gasteiger partial charge in [-0.05, 0) is 19.3 Å². The molecule has 33 heavy (non-hydrogen) atoms. The van der Waals surface area contributed by atoms with Crippen molar-refractivity contribution in [2.75, 3.05) is 42.7 Å². The number of ether oxygens (including phenoxy) is 6. The minimum atomic E-state index is -0.228. The van der Waals surface area contributed by atoms with Crippen molar-refractivity contribution in [1.82, 2.24) is 0 Å². The largest absolute Gasteiger partial charge is 0.496 e. The van der Waals surface area contributed by atoms with Crippen LogP contribution in [0.1, 0.15) is 47.7 Å². The molecule has 0 N–H and O–H groups in total. The van der Waals surface area contributed by atoms with Crippen LogP contribution in [0.3, 0.4) is 0 Å². The van der Waals surface area contributed by atoms with Crippen LogP contribution in [0.4, 0.5) is 0 Å². The van der Waals surface area contributed by atoms with Gasteiger partial charge in [0.2, 0.25) is 0 Å². The zero-order chi connectivity index (χ0) is 24.5. The number of Topliss-reactive ketones (excluding diaryl/α,β-unsaturated/α-hetero) is 1. The Morgan fingerprint density at radius 1 is 0.818 bits per heavy atom. The first-order chi connectivity index (χ1) is 15.9. The van der Waals surface area contributed by atoms with Crippen LogP contribution in [-0.4, -0.2) is 48.4 Å². The molecule has 0 bridgehead atoms. The van der Waals surface area contributed by atoms with Gasteiger partial charge in [-0.15, -0.1) is 0 Å². The third-order valence-electron chi connectivity index (χ3n) is 5.52. The van der Waals surface area contributed by atoms with Crippen LogP contribution < -0.4 is 28.4 Å². The zero-order valence-corrected chi connectivity index (χ0v) is 20.7. The minimum Gasteiger partial charge on any atom is -0.496 e. The van der Waals surface area contributed by atoms with E-state index in [2.05, 4.69) is 0 Å². The zero-order valence-electron chi connectivity index (χ0n) is 20.7. The highest BCUT2D eigenvalue weighted by atomic mass is 16.5. The van der Waals surface area contributed by atoms with Crippen LogP contribution in [0.15, 0.2) is 30.4 Å². The Balaban J connectivity index is 2.56. The number of benzene rings is 2. The van der Waals surface area contributed by atoms with E-state index in [1.54, 1.807) is 40.6 Å². The van der Waals surface area contributed by atoms with Gasteiger partial charge in [-0.3, -0.25) is 4.79 Å². The molecule has 0 radical (unpaired) electrons. The van der Waals surface area contributed by atoms with E-state index in [9.17, 15) is 4.79 Å². The van der Waals surface area contributed by atoms with Crippen molar-refractivity contribution in [2.24, 2.45) is 0 Å². The lowest BCUT2D eigenvalue weighted by Gasteiger charge is -2.23. The summed E-state index contributed by atoms with van der Waals surface area (Å²) in [5, 5.41) is 0. The SMILES string of the molecule is CC=CCc1c(OC)cc(OC)c(C(C)CC(=O)c2c(OC)cc(OC)cc2OC)c1OC. The molecule has 1 atom stereocenters. The summed E-state index contributed by atoms with van der Waals surface area (Å²) in [5.74, 6) is 2.89. The van der Waals surface area contributed by atoms with Gasteiger partial charge in [0.15, 0.2) is 5.78 Å². The van der Waals surface area contributed by atoms with Gasteiger partial charge in [0.1, 0.15) is 40.1 Å². The van der Waals surface area contributed by atoms with Crippen molar-refractivity contribution < 1.29 is 33.2 Å². The number of hydrogen-bond acceptors (Lipinski definition) is 7. The van der Waals surface area contributed by atoms with Gasteiger partial charge in [0, 0.05) is 35.7 Å². The molecule has 0 aliphatic carbocycles. The van der Waals surface area contributed by atoms with Crippen molar-refractivity contribution >= 4 is 5.78 Å². The Morgan fingerprint density at radius 3 is 1.85 bits per heavy atom. The summed E-state index contributed by atoms with van der Waals surface area (Å²) in [6, 6.07) is 5.18. The molecule has 7 heteroatoms. The fourth-order valence-corrected chi connectivity index (χ4v) is 3.91. The van der Waals surface area contributed by atoms with Gasteiger partial charge < -0.3 is 28.4 Å². The summed E-state index contributed by atoms with van der Waals surface area (Å²) in [6.45, 7) is 3.92. The second-order valence-electron chi connectivity index (χ2n) is 7.41. The number of methoxy groups -OCH3 is 6. The van der Waals surface area contributed by atoms with E-state index in [0.717, 1.165) is 11.1 Å². The summed E-state index contributed by atoms with van der Waals surface area (Å²) in [4.78, 5) is 13.4. The first-order valence-corrected chi connectivity index (χ1v) is 10.7. The molecule has 0 spiro atoms. The van der Waals surface area contributed by atoms with E-state index in [4.69, 9.17) is 28.4 Å². The lowest BCUT2D eigenvalue weighted by atomic mass is 9.89. The smallest absolute Gasteiger partial charge is 0.170 e. The second kappa shape index (κ2) is 12.0. The Kier molecular flexibility index (Phi) is 9.45. The van der Waals surface area contributed by atoms with Crippen LogP contribution in [0.5, 0.6) is 34.5 Å². The molecule has 0 fully saturated rings. The first kappa shape index (κ1) is 25.9. The molecule has 7 nitrogen and oxygen atoms in total. The van der Waals surface area contributed by atoms with E-state index in [0.29, 0.717) is 46.5 Å². The van der Waals surface area contributed by atoms with Crippen LogP contribution in [-0.2, 0) is 6.42 Å². The van der Waals surface area contributed by atoms with Crippen molar-refractivity contribution in [2.45, 2.75) is 32.6 Å². The predicted octanol–water partition coefficient (Wildman–Crippen LogP) is 5.23. The van der Waals surface area contributed by atoms with E-state index in [1.165, 1.54) is 14.2 Å². The average Bonchev–Trinajstić information content (AvgIpc) is 2.84. The Labute approximate surface area is 196 Å². The Bertz CT molecular complexity index is 970. The monoisotopic (exact) mass is 458 g/mol. The van der Waals surface area contributed by atoms with Gasteiger partial charge in [-0.2, -0.15) is 0 Å². The third-order valence-corrected chi connectivity index (χ3v) is 5.52. The quantitative estimate of drug-likeness (QED) is 0.318. The van der Waals surface area contributed by atoms with Crippen molar-refractivity contribution in [3.63, 3.8) is 0 Å². The fourth-order valence-electron chi connectivity index (χ4n) is 3.91. The minimum absolute atomic E-state index is 0.131. The fraction of sp³-hybridized carbons (Fsp3) is 0.423. The van der Waals surface area contributed by atoms with E-state index < -0.39 is 0 Å². The number of allylic oxidation sites excluding steroid dienone is 2. The Morgan fingerprint density at radius 2 is 1.39 bits per heavy atom. The molecule has 0 saturated heterocycles. The van der Waals surface area contributed by atoms with Crippen LogP contribution in [0.2, 0.25) is 0 Å². The topological polar surface area (TPSA) is 72.5 Å². The highest BCUT2D eigenvalue weighted by molar-refractivity contribution is 6.02. The summed E-state index contributed by atoms with van der Waals surface area (Å²) < 4.78 is 33.3. The summed E-state index contributed by atoms with van der Waals surface area (Å²) in [6.07, 6.45) is 4.80. The maximum Gasteiger partial charge on any atom is 0.170 e. The van der Waals surface area contributed by atoms with Gasteiger partial charge in [-0.25, -0.2) is 0 Å². The van der Waals surface area contributed by atoms with Crippen molar-refractivity contribution in [3.05, 3.63) is 47.0 Å². The highest BCUT2D eigenvalue weighted by Gasteiger charge is 2.28. The van der Waals surface area contributed by atoms with E-state index in [-0.39, 0.29) is 18.1 Å². The summed E-state index contributed by atoms with van der Waals surface area (Å²) >= 11 is 0. The van der Waals surface area contributed by atoms with E-state index >= 15 is 0 Å². The molecule has 2 aromatic carbocycles. The molecule has 0 amide bonds. The number of ketones is 1. The molecule has 2 aromatic rings. The van der Waals surface area contributed by atoms with Crippen LogP contribution >= 0.6 is 0 Å². The second-order valence-corrected chi connectivity index (χ2v) is 7.41. The number of hydrogen-bond donors (Lipinski definition) is 0. The molecule has 0 aliphatic rings. The average molecular weight is 459 g/mol. The maximum atomic E-state index is 13.4. The number of carbonyl (C=O) groups excluding carboxylic acids is 1. The van der Waals surface area contributed by atoms with Crippen molar-refractivity contribution in [1.29, 1.82) is 0 Å². The molecule has 0 aromatic heterocycles. The van der Waals surface area contributed by atoms with Crippen LogP contribution in [0.25, 0.3) is 0 Å². The summed E-state index contributed by atoms with van der Waals surface area (Å²) in [5.41, 5.74) is 2.07. The molecule has 0 saturated carbocycles. The normalized spacial score (nSPS) is 11.8. The summed E-state index contributed by atoms with van der Waals surface area (Å²) in [7, 11) is 9.39. The molecule has 2 rings (SSSR count). The van der Waals surface area contributed by atoms with Crippen molar-refractivity contribution in [3.8, 4) is 34.5 Å². The molecule has 180 valence electrons. The van der Waals surface area contributed by atoms with E-state index in [1.807, 2.05) is 32.1 Å². The standard InChI is InChI=1S/C26H34O7/c1-9-10-11-18-20(29-4)15-23(32-7)24(26(18)33-8)16(2)12-19(27)25-21(30-5)13-17(28-3)14-22(25)31-6/h9-10,13-16H,11-12H2,1-8H3. The van der Waals surface area contributed by atoms with Gasteiger partial charge in [-0.1, -0.05) is 19.1 Å². The molecule has 0 aliphatic heterocycles. The molecule has 1 unspecified atom stereocenters. The molecule has 0 heterocycles. The van der Waals surface area contributed by atoms with Gasteiger partial charge >= 0.3 is 0 Å². The number of rotatable bonds is 12. The number of carbonyl (C=O) groups is 1. The predicted molar refractivity (Wildman–Crippen MR) is 128 cm³/mol. The van der Waals surface area contributed by atoms with Gasteiger partial charge in [0.05, 0.1) is 42.7 Å². The lowest BCUT2D eigenvalue weighted by molar-refractivity contribution is 0.0969. The van der Waals surface area contributed by atoms with Crippen LogP contribution in [0, 0.1) is 0 Å². The highest BCUT2D eigenvalue weighted by Crippen LogP contribution is 2.45. The van der Waals surface area contributed by atoms with Gasteiger partial charge in [0.25, 0.3) is 0 Å². The first-order valence-electron chi connectivity index (χ1n) is 10.7. The maximum absolute atomic E-state index is 13.4. The molecular weight excluding hydrogens is 424 g/mol. The lowest BCUT2D eigenvalue weighted by Crippen LogP contribution is -2.12.